The molecule has 1 saturated heterocycles. The predicted octanol–water partition coefficient (Wildman–Crippen LogP) is 1.31. The van der Waals surface area contributed by atoms with Gasteiger partial charge in [0.2, 0.25) is 6.41 Å². The largest absolute Gasteiger partial charge is 0.365 e. The first-order chi connectivity index (χ1) is 12.2. The molecule has 0 saturated carbocycles. The number of hydrogen-bond acceptors (Lipinski definition) is 5. The Morgan fingerprint density at radius 1 is 1.16 bits per heavy atom. The van der Waals surface area contributed by atoms with Crippen molar-refractivity contribution in [3.8, 4) is 0 Å². The van der Waals surface area contributed by atoms with Gasteiger partial charge in [-0.15, -0.1) is 10.2 Å². The molecule has 1 aliphatic heterocycles. The van der Waals surface area contributed by atoms with E-state index in [0.717, 1.165) is 12.0 Å². The molecule has 1 aliphatic rings. The summed E-state index contributed by atoms with van der Waals surface area (Å²) >= 11 is 0. The number of amides is 2. The van der Waals surface area contributed by atoms with Crippen molar-refractivity contribution in [2.24, 2.45) is 0 Å². The minimum absolute atomic E-state index is 0.150. The molecule has 2 aromatic rings. The Balaban J connectivity index is 1.56. The van der Waals surface area contributed by atoms with Gasteiger partial charge in [0.05, 0.1) is 0 Å². The van der Waals surface area contributed by atoms with E-state index in [1.807, 2.05) is 12.1 Å². The zero-order valence-corrected chi connectivity index (χ0v) is 14.2. The highest BCUT2D eigenvalue weighted by molar-refractivity contribution is 5.92. The van der Waals surface area contributed by atoms with Crippen LogP contribution in [0.25, 0.3) is 0 Å². The molecular formula is C18H21N5O2. The summed E-state index contributed by atoms with van der Waals surface area (Å²) in [6.45, 7) is 4.85. The summed E-state index contributed by atoms with van der Waals surface area (Å²) in [6, 6.07) is 11.7. The fraction of sp³-hybridized carbons (Fsp3) is 0.333. The lowest BCUT2D eigenvalue weighted by Crippen LogP contribution is -2.48. The smallest absolute Gasteiger partial charge is 0.274 e. The molecule has 1 fully saturated rings. The molecule has 0 unspecified atom stereocenters. The first-order valence-electron chi connectivity index (χ1n) is 8.27. The molecular weight excluding hydrogens is 318 g/mol. The fourth-order valence-corrected chi connectivity index (χ4v) is 2.75. The van der Waals surface area contributed by atoms with Crippen molar-refractivity contribution in [3.05, 3.63) is 53.2 Å². The molecule has 0 aliphatic carbocycles. The molecule has 1 N–H and O–H groups in total. The number of carbonyl (C=O) groups excluding carboxylic acids is 2. The molecule has 7 heteroatoms. The molecule has 25 heavy (non-hydrogen) atoms. The summed E-state index contributed by atoms with van der Waals surface area (Å²) in [5.41, 5.74) is 2.69. The van der Waals surface area contributed by atoms with Gasteiger partial charge in [-0.2, -0.15) is 0 Å². The van der Waals surface area contributed by atoms with Crippen LogP contribution in [-0.2, 0) is 11.3 Å². The van der Waals surface area contributed by atoms with Crippen LogP contribution in [0.5, 0.6) is 0 Å². The van der Waals surface area contributed by atoms with E-state index >= 15 is 0 Å². The second-order valence-corrected chi connectivity index (χ2v) is 6.08. The summed E-state index contributed by atoms with van der Waals surface area (Å²) in [6.07, 6.45) is 0.816. The van der Waals surface area contributed by atoms with Crippen LogP contribution in [0.4, 0.5) is 5.82 Å². The molecule has 2 amide bonds. The average Bonchev–Trinajstić information content (AvgIpc) is 2.66. The third kappa shape index (κ3) is 4.32. The summed E-state index contributed by atoms with van der Waals surface area (Å²) in [5, 5.41) is 11.3. The molecule has 130 valence electrons. The lowest BCUT2D eigenvalue weighted by atomic mass is 10.1. The molecule has 0 radical (unpaired) electrons. The first kappa shape index (κ1) is 16.9. The van der Waals surface area contributed by atoms with E-state index in [0.29, 0.717) is 44.2 Å². The van der Waals surface area contributed by atoms with Crippen LogP contribution < -0.4 is 5.32 Å². The number of rotatable bonds is 5. The van der Waals surface area contributed by atoms with Crippen LogP contribution in [0.1, 0.15) is 21.6 Å². The van der Waals surface area contributed by atoms with Crippen molar-refractivity contribution in [2.45, 2.75) is 13.5 Å². The van der Waals surface area contributed by atoms with E-state index in [-0.39, 0.29) is 5.91 Å². The Morgan fingerprint density at radius 3 is 2.60 bits per heavy atom. The van der Waals surface area contributed by atoms with Crippen LogP contribution in [-0.4, -0.2) is 58.5 Å². The van der Waals surface area contributed by atoms with Gasteiger partial charge in [0.1, 0.15) is 5.82 Å². The highest BCUT2D eigenvalue weighted by atomic mass is 16.2. The SMILES string of the molecule is Cc1cccc(CNc2ccc(C(=O)N3CCN(C=O)CC3)nn2)c1. The van der Waals surface area contributed by atoms with Crippen molar-refractivity contribution in [1.82, 2.24) is 20.0 Å². The number of hydrogen-bond donors (Lipinski definition) is 1. The van der Waals surface area contributed by atoms with Crippen molar-refractivity contribution >= 4 is 18.1 Å². The zero-order chi connectivity index (χ0) is 17.6. The molecule has 7 nitrogen and oxygen atoms in total. The maximum Gasteiger partial charge on any atom is 0.274 e. The van der Waals surface area contributed by atoms with Gasteiger partial charge in [-0.25, -0.2) is 0 Å². The van der Waals surface area contributed by atoms with E-state index in [1.165, 1.54) is 5.56 Å². The maximum absolute atomic E-state index is 12.4. The lowest BCUT2D eigenvalue weighted by molar-refractivity contribution is -0.119. The normalized spacial score (nSPS) is 14.3. The van der Waals surface area contributed by atoms with Crippen molar-refractivity contribution in [2.75, 3.05) is 31.5 Å². The van der Waals surface area contributed by atoms with Gasteiger partial charge < -0.3 is 15.1 Å². The van der Waals surface area contributed by atoms with E-state index in [9.17, 15) is 9.59 Å². The summed E-state index contributed by atoms with van der Waals surface area (Å²) in [7, 11) is 0. The summed E-state index contributed by atoms with van der Waals surface area (Å²) in [4.78, 5) is 26.5. The highest BCUT2D eigenvalue weighted by Gasteiger charge is 2.22. The maximum atomic E-state index is 12.4. The molecule has 0 spiro atoms. The van der Waals surface area contributed by atoms with E-state index < -0.39 is 0 Å². The van der Waals surface area contributed by atoms with Crippen LogP contribution in [0.15, 0.2) is 36.4 Å². The van der Waals surface area contributed by atoms with E-state index in [1.54, 1.807) is 21.9 Å². The van der Waals surface area contributed by atoms with E-state index in [2.05, 4.69) is 34.6 Å². The molecule has 0 atom stereocenters. The van der Waals surface area contributed by atoms with Gasteiger partial charge in [0.25, 0.3) is 5.91 Å². The first-order valence-corrected chi connectivity index (χ1v) is 8.27. The molecule has 3 rings (SSSR count). The predicted molar refractivity (Wildman–Crippen MR) is 94.1 cm³/mol. The lowest BCUT2D eigenvalue weighted by Gasteiger charge is -2.32. The van der Waals surface area contributed by atoms with Crippen LogP contribution in [0.3, 0.4) is 0 Å². The molecule has 0 bridgehead atoms. The highest BCUT2D eigenvalue weighted by Crippen LogP contribution is 2.10. The van der Waals surface area contributed by atoms with E-state index in [4.69, 9.17) is 0 Å². The van der Waals surface area contributed by atoms with Gasteiger partial charge in [-0.1, -0.05) is 29.8 Å². The molecule has 2 heterocycles. The minimum atomic E-state index is -0.150. The van der Waals surface area contributed by atoms with Crippen molar-refractivity contribution < 1.29 is 9.59 Å². The van der Waals surface area contributed by atoms with Gasteiger partial charge >= 0.3 is 0 Å². The molecule has 1 aromatic carbocycles. The van der Waals surface area contributed by atoms with Gasteiger partial charge in [0, 0.05) is 32.7 Å². The number of nitrogens with one attached hydrogen (secondary N) is 1. The Labute approximate surface area is 146 Å². The van der Waals surface area contributed by atoms with Crippen LogP contribution in [0.2, 0.25) is 0 Å². The number of carbonyl (C=O) groups is 2. The second-order valence-electron chi connectivity index (χ2n) is 6.08. The quantitative estimate of drug-likeness (QED) is 0.831. The Hall–Kier alpha value is -2.96. The van der Waals surface area contributed by atoms with Crippen LogP contribution >= 0.6 is 0 Å². The van der Waals surface area contributed by atoms with Gasteiger partial charge in [-0.3, -0.25) is 9.59 Å². The number of aryl methyl sites for hydroxylation is 1. The van der Waals surface area contributed by atoms with Crippen molar-refractivity contribution in [3.63, 3.8) is 0 Å². The second kappa shape index (κ2) is 7.74. The average molecular weight is 339 g/mol. The monoisotopic (exact) mass is 339 g/mol. The number of piperazine rings is 1. The van der Waals surface area contributed by atoms with Crippen molar-refractivity contribution in [1.29, 1.82) is 0 Å². The number of aromatic nitrogens is 2. The number of benzene rings is 1. The third-order valence-electron chi connectivity index (χ3n) is 4.19. The number of nitrogens with zero attached hydrogens (tertiary/aromatic N) is 4. The molecule has 1 aromatic heterocycles. The fourth-order valence-electron chi connectivity index (χ4n) is 2.75. The standard InChI is InChI=1S/C18H21N5O2/c1-14-3-2-4-15(11-14)12-19-17-6-5-16(20-21-17)18(25)23-9-7-22(13-24)8-10-23/h2-6,11,13H,7-10,12H2,1H3,(H,19,21). The Bertz CT molecular complexity index is 739. The minimum Gasteiger partial charge on any atom is -0.365 e. The Kier molecular flexibility index (Phi) is 5.23. The van der Waals surface area contributed by atoms with Gasteiger partial charge in [-0.05, 0) is 24.6 Å². The zero-order valence-electron chi connectivity index (χ0n) is 14.2. The van der Waals surface area contributed by atoms with Crippen LogP contribution in [0, 0.1) is 6.92 Å². The topological polar surface area (TPSA) is 78.4 Å². The van der Waals surface area contributed by atoms with Gasteiger partial charge in [0.15, 0.2) is 5.69 Å². The summed E-state index contributed by atoms with van der Waals surface area (Å²) < 4.78 is 0. The Morgan fingerprint density at radius 2 is 1.96 bits per heavy atom. The summed E-state index contributed by atoms with van der Waals surface area (Å²) in [5.74, 6) is 0.479. The third-order valence-corrected chi connectivity index (χ3v) is 4.19. The number of anilines is 1.